The average Bonchev–Trinajstić information content (AvgIpc) is 3.87. The Hall–Kier alpha value is -5.14. The minimum atomic E-state index is -2.38. The standard InChI is InChI=1S/C44H47ClN6O5Si/c1-29-42(57(3,4)36-16-14-35(55-2)15-17-36)40(21-23-49-28-33(22-24-52)46-48-49)56-44(29)37-26-32(45)13-19-39(37)50(43(44)54)27-30-9-8-12-34(25-30)51-41(53)20-18-38(47-51)31-10-6-5-7-11-31/h5-17,19,25-26,28-29,40,42,52H,18,20-24,27H2,1-4H3/t29-,40+,42-,44+/m0/s1. The van der Waals surface area contributed by atoms with Gasteiger partial charge in [0, 0.05) is 55.1 Å². The molecule has 1 aromatic heterocycles. The Kier molecular flexibility index (Phi) is 10.6. The van der Waals surface area contributed by atoms with Gasteiger partial charge in [0.1, 0.15) is 5.75 Å². The molecule has 13 heteroatoms. The van der Waals surface area contributed by atoms with E-state index in [0.29, 0.717) is 42.9 Å². The minimum absolute atomic E-state index is 0.00142. The molecular formula is C44H47ClN6O5Si. The molecule has 1 fully saturated rings. The molecule has 3 aliphatic heterocycles. The highest BCUT2D eigenvalue weighted by Gasteiger charge is 2.66. The topological polar surface area (TPSA) is 122 Å². The summed E-state index contributed by atoms with van der Waals surface area (Å²) in [6.45, 7) is 7.67. The highest BCUT2D eigenvalue weighted by molar-refractivity contribution is 6.91. The number of aryl methyl sites for hydroxylation is 1. The predicted molar refractivity (Wildman–Crippen MR) is 224 cm³/mol. The summed E-state index contributed by atoms with van der Waals surface area (Å²) in [4.78, 5) is 30.4. The van der Waals surface area contributed by atoms with Crippen LogP contribution in [0.15, 0.2) is 108 Å². The van der Waals surface area contributed by atoms with E-state index in [2.05, 4.69) is 42.5 Å². The van der Waals surface area contributed by atoms with Crippen LogP contribution in [0.25, 0.3) is 0 Å². The van der Waals surface area contributed by atoms with Gasteiger partial charge in [-0.15, -0.1) is 5.10 Å². The number of ether oxygens (including phenoxy) is 2. The lowest BCUT2D eigenvalue weighted by Crippen LogP contribution is -2.51. The molecule has 294 valence electrons. The summed E-state index contributed by atoms with van der Waals surface area (Å²) < 4.78 is 14.6. The molecule has 57 heavy (non-hydrogen) atoms. The number of carbonyl (C=O) groups excluding carboxylic acids is 2. The van der Waals surface area contributed by atoms with E-state index in [-0.39, 0.29) is 42.5 Å². The van der Waals surface area contributed by atoms with E-state index in [9.17, 15) is 9.90 Å². The van der Waals surface area contributed by atoms with Crippen LogP contribution in [0.4, 0.5) is 11.4 Å². The number of anilines is 2. The second-order valence-corrected chi connectivity index (χ2v) is 20.9. The predicted octanol–water partition coefficient (Wildman–Crippen LogP) is 6.86. The molecule has 0 radical (unpaired) electrons. The van der Waals surface area contributed by atoms with Gasteiger partial charge < -0.3 is 19.5 Å². The summed E-state index contributed by atoms with van der Waals surface area (Å²) in [5.74, 6) is 0.366. The summed E-state index contributed by atoms with van der Waals surface area (Å²) in [5.41, 5.74) is 4.33. The molecule has 0 bridgehead atoms. The molecule has 0 saturated carbocycles. The summed E-state index contributed by atoms with van der Waals surface area (Å²) in [7, 11) is -0.718. The van der Waals surface area contributed by atoms with Crippen LogP contribution in [0, 0.1) is 5.92 Å². The van der Waals surface area contributed by atoms with Crippen molar-refractivity contribution in [2.24, 2.45) is 11.0 Å². The Balaban J connectivity index is 1.14. The van der Waals surface area contributed by atoms with Crippen molar-refractivity contribution >= 4 is 53.8 Å². The maximum atomic E-state index is 15.4. The molecule has 4 heterocycles. The first-order valence-electron chi connectivity index (χ1n) is 19.5. The first kappa shape index (κ1) is 38.7. The zero-order chi connectivity index (χ0) is 39.9. The summed E-state index contributed by atoms with van der Waals surface area (Å²) >= 11 is 6.75. The van der Waals surface area contributed by atoms with E-state index >= 15 is 4.79 Å². The molecule has 3 aliphatic rings. The molecule has 2 amide bonds. The number of nitrogens with zero attached hydrogens (tertiary/aromatic N) is 6. The van der Waals surface area contributed by atoms with Gasteiger partial charge in [0.2, 0.25) is 5.91 Å². The number of carbonyl (C=O) groups is 2. The SMILES string of the molecule is COc1ccc([Si](C)(C)[C@@H]2[C@@H](CCn3cc(CCO)nn3)O[C@]3(C(=O)N(Cc4cccc(N5N=C(c6ccccc6)CCC5=O)c4)c4ccc(Cl)cc43)[C@H]2C)cc1. The molecule has 1 saturated heterocycles. The molecule has 1 N–H and O–H groups in total. The van der Waals surface area contributed by atoms with Crippen LogP contribution in [0.3, 0.4) is 0 Å². The molecule has 0 unspecified atom stereocenters. The summed E-state index contributed by atoms with van der Waals surface area (Å²) in [6, 6.07) is 31.6. The van der Waals surface area contributed by atoms with Crippen molar-refractivity contribution in [1.82, 2.24) is 15.0 Å². The number of hydrogen-bond acceptors (Lipinski definition) is 8. The quantitative estimate of drug-likeness (QED) is 0.137. The smallest absolute Gasteiger partial charge is 0.264 e. The molecule has 0 aliphatic carbocycles. The van der Waals surface area contributed by atoms with Crippen LogP contribution >= 0.6 is 11.6 Å². The number of hydrogen-bond donors (Lipinski definition) is 1. The van der Waals surface area contributed by atoms with Gasteiger partial charge in [0.05, 0.1) is 50.6 Å². The maximum Gasteiger partial charge on any atom is 0.264 e. The number of aliphatic hydroxyl groups excluding tert-OH is 1. The van der Waals surface area contributed by atoms with Crippen molar-refractivity contribution in [1.29, 1.82) is 0 Å². The molecule has 1 spiro atoms. The Morgan fingerprint density at radius 3 is 2.53 bits per heavy atom. The van der Waals surface area contributed by atoms with Crippen molar-refractivity contribution in [3.8, 4) is 5.75 Å². The van der Waals surface area contributed by atoms with Gasteiger partial charge in [-0.3, -0.25) is 14.3 Å². The zero-order valence-electron chi connectivity index (χ0n) is 32.6. The van der Waals surface area contributed by atoms with E-state index in [1.54, 1.807) is 11.8 Å². The fourth-order valence-corrected chi connectivity index (χ4v) is 13.4. The van der Waals surface area contributed by atoms with Crippen LogP contribution in [0.2, 0.25) is 23.7 Å². The summed E-state index contributed by atoms with van der Waals surface area (Å²) in [6.07, 6.45) is 3.53. The normalized spacial score (nSPS) is 22.0. The third kappa shape index (κ3) is 7.09. The van der Waals surface area contributed by atoms with Crippen molar-refractivity contribution in [3.63, 3.8) is 0 Å². The number of rotatable bonds is 12. The first-order valence-corrected chi connectivity index (χ1v) is 23.0. The molecule has 11 nitrogen and oxygen atoms in total. The van der Waals surface area contributed by atoms with E-state index in [4.69, 9.17) is 26.2 Å². The van der Waals surface area contributed by atoms with Crippen molar-refractivity contribution in [3.05, 3.63) is 131 Å². The molecular weight excluding hydrogens is 756 g/mol. The van der Waals surface area contributed by atoms with Gasteiger partial charge in [-0.1, -0.05) is 96.6 Å². The molecule has 8 rings (SSSR count). The van der Waals surface area contributed by atoms with Gasteiger partial charge in [-0.25, -0.2) is 5.01 Å². The van der Waals surface area contributed by atoms with Crippen molar-refractivity contribution < 1.29 is 24.2 Å². The Morgan fingerprint density at radius 2 is 1.77 bits per heavy atom. The lowest BCUT2D eigenvalue weighted by Gasteiger charge is -2.37. The van der Waals surface area contributed by atoms with Crippen molar-refractivity contribution in [2.75, 3.05) is 23.6 Å². The fourth-order valence-electron chi connectivity index (χ4n) is 9.21. The number of fused-ring (bicyclic) bond motifs is 2. The number of methoxy groups -OCH3 is 1. The van der Waals surface area contributed by atoms with Crippen LogP contribution in [0.1, 0.15) is 48.6 Å². The monoisotopic (exact) mass is 802 g/mol. The van der Waals surface area contributed by atoms with Crippen molar-refractivity contribution in [2.45, 2.75) is 76.0 Å². The number of aromatic nitrogens is 3. The van der Waals surface area contributed by atoms with Crippen LogP contribution in [-0.4, -0.2) is 65.5 Å². The Labute approximate surface area is 338 Å². The van der Waals surface area contributed by atoms with E-state index in [1.165, 1.54) is 10.2 Å². The first-order chi connectivity index (χ1) is 27.5. The minimum Gasteiger partial charge on any atom is -0.497 e. The largest absolute Gasteiger partial charge is 0.497 e. The maximum absolute atomic E-state index is 15.4. The van der Waals surface area contributed by atoms with Gasteiger partial charge in [0.25, 0.3) is 5.91 Å². The van der Waals surface area contributed by atoms with Crippen LogP contribution in [-0.2, 0) is 39.4 Å². The third-order valence-corrected chi connectivity index (χ3v) is 16.6. The third-order valence-electron chi connectivity index (χ3n) is 12.0. The molecule has 4 aromatic carbocycles. The van der Waals surface area contributed by atoms with E-state index < -0.39 is 13.7 Å². The van der Waals surface area contributed by atoms with Gasteiger partial charge in [-0.2, -0.15) is 5.10 Å². The van der Waals surface area contributed by atoms with Gasteiger partial charge in [0.15, 0.2) is 5.60 Å². The Morgan fingerprint density at radius 1 is 0.982 bits per heavy atom. The second-order valence-electron chi connectivity index (χ2n) is 15.7. The fraction of sp³-hybridized carbons (Fsp3) is 0.341. The zero-order valence-corrected chi connectivity index (χ0v) is 34.4. The van der Waals surface area contributed by atoms with Crippen LogP contribution in [0.5, 0.6) is 5.75 Å². The van der Waals surface area contributed by atoms with E-state index in [1.807, 2.05) is 96.0 Å². The number of benzene rings is 4. The van der Waals surface area contributed by atoms with Gasteiger partial charge >= 0.3 is 0 Å². The number of halogens is 1. The van der Waals surface area contributed by atoms with Gasteiger partial charge in [-0.05, 0) is 65.6 Å². The average molecular weight is 803 g/mol. The molecule has 4 atom stereocenters. The highest BCUT2D eigenvalue weighted by Crippen LogP contribution is 2.60. The number of aliphatic hydroxyl groups is 1. The Bertz CT molecular complexity index is 2320. The summed E-state index contributed by atoms with van der Waals surface area (Å²) in [5, 5.41) is 26.1. The second kappa shape index (κ2) is 15.7. The van der Waals surface area contributed by atoms with Crippen LogP contribution < -0.4 is 19.8 Å². The number of hydrazone groups is 1. The lowest BCUT2D eigenvalue weighted by molar-refractivity contribution is -0.146. The highest BCUT2D eigenvalue weighted by atomic mass is 35.5. The number of amides is 2. The lowest BCUT2D eigenvalue weighted by atomic mass is 9.82. The van der Waals surface area contributed by atoms with E-state index in [0.717, 1.165) is 39.5 Å². The molecule has 5 aromatic rings.